The van der Waals surface area contributed by atoms with Crippen LogP contribution in [0, 0.1) is 35.5 Å². The standard InChI is InChI=1S/C16H32S/c1-7-11(3)9-15-13(5)14(8-2)16(15)12(4)10-17-6/h11-16H,7-10H2,1-6H3. The highest BCUT2D eigenvalue weighted by atomic mass is 32.2. The van der Waals surface area contributed by atoms with Gasteiger partial charge in [0.1, 0.15) is 0 Å². The second-order valence-corrected chi connectivity index (χ2v) is 7.26. The molecule has 1 rings (SSSR count). The summed E-state index contributed by atoms with van der Waals surface area (Å²) in [6.07, 6.45) is 6.46. The topological polar surface area (TPSA) is 0 Å². The number of hydrogen-bond acceptors (Lipinski definition) is 1. The van der Waals surface area contributed by atoms with Crippen molar-refractivity contribution in [3.63, 3.8) is 0 Å². The van der Waals surface area contributed by atoms with E-state index < -0.39 is 0 Å². The van der Waals surface area contributed by atoms with Crippen LogP contribution < -0.4 is 0 Å². The van der Waals surface area contributed by atoms with Crippen LogP contribution >= 0.6 is 11.8 Å². The molecule has 0 heterocycles. The highest BCUT2D eigenvalue weighted by Gasteiger charge is 2.48. The van der Waals surface area contributed by atoms with Gasteiger partial charge in [0.25, 0.3) is 0 Å². The second kappa shape index (κ2) is 7.07. The van der Waals surface area contributed by atoms with Gasteiger partial charge in [-0.2, -0.15) is 11.8 Å². The monoisotopic (exact) mass is 256 g/mol. The third-order valence-corrected chi connectivity index (χ3v) is 6.13. The van der Waals surface area contributed by atoms with Crippen molar-refractivity contribution in [3.05, 3.63) is 0 Å². The molecule has 6 atom stereocenters. The Morgan fingerprint density at radius 3 is 2.24 bits per heavy atom. The van der Waals surface area contributed by atoms with Crippen LogP contribution in [0.1, 0.15) is 53.9 Å². The SMILES string of the molecule is CCC(C)CC1C(C)C(CC)C1C(C)CSC. The predicted octanol–water partition coefficient (Wildman–Crippen LogP) is 5.33. The molecule has 1 fully saturated rings. The van der Waals surface area contributed by atoms with Crippen LogP contribution in [-0.4, -0.2) is 12.0 Å². The Bertz CT molecular complexity index is 214. The van der Waals surface area contributed by atoms with E-state index >= 15 is 0 Å². The van der Waals surface area contributed by atoms with Crippen LogP contribution in [0.25, 0.3) is 0 Å². The fourth-order valence-corrected chi connectivity index (χ4v) is 4.80. The van der Waals surface area contributed by atoms with Crippen molar-refractivity contribution in [1.82, 2.24) is 0 Å². The van der Waals surface area contributed by atoms with Gasteiger partial charge in [0.2, 0.25) is 0 Å². The van der Waals surface area contributed by atoms with Gasteiger partial charge in [0.15, 0.2) is 0 Å². The second-order valence-electron chi connectivity index (χ2n) is 6.35. The first-order chi connectivity index (χ1) is 8.06. The molecule has 0 amide bonds. The first kappa shape index (κ1) is 15.4. The van der Waals surface area contributed by atoms with Gasteiger partial charge in [-0.05, 0) is 53.9 Å². The molecule has 17 heavy (non-hydrogen) atoms. The van der Waals surface area contributed by atoms with E-state index in [0.29, 0.717) is 0 Å². The Balaban J connectivity index is 2.61. The highest BCUT2D eigenvalue weighted by molar-refractivity contribution is 7.98. The summed E-state index contributed by atoms with van der Waals surface area (Å²) in [7, 11) is 0. The average molecular weight is 256 g/mol. The van der Waals surface area contributed by atoms with Crippen molar-refractivity contribution in [2.75, 3.05) is 12.0 Å². The van der Waals surface area contributed by atoms with Gasteiger partial charge in [-0.15, -0.1) is 0 Å². The zero-order valence-electron chi connectivity index (χ0n) is 12.7. The molecule has 6 unspecified atom stereocenters. The lowest BCUT2D eigenvalue weighted by Gasteiger charge is -2.54. The molecule has 0 bridgehead atoms. The van der Waals surface area contributed by atoms with E-state index in [1.807, 2.05) is 11.8 Å². The van der Waals surface area contributed by atoms with E-state index in [9.17, 15) is 0 Å². The Morgan fingerprint density at radius 1 is 1.12 bits per heavy atom. The van der Waals surface area contributed by atoms with Crippen molar-refractivity contribution in [3.8, 4) is 0 Å². The van der Waals surface area contributed by atoms with Crippen LogP contribution in [0.3, 0.4) is 0 Å². The zero-order chi connectivity index (χ0) is 13.0. The van der Waals surface area contributed by atoms with E-state index in [1.54, 1.807) is 0 Å². The molecule has 0 aromatic heterocycles. The largest absolute Gasteiger partial charge is 0.165 e. The minimum atomic E-state index is 0.917. The van der Waals surface area contributed by atoms with Crippen molar-refractivity contribution in [1.29, 1.82) is 0 Å². The van der Waals surface area contributed by atoms with E-state index in [0.717, 1.165) is 35.5 Å². The maximum atomic E-state index is 2.50. The molecule has 1 saturated carbocycles. The van der Waals surface area contributed by atoms with Crippen molar-refractivity contribution >= 4 is 11.8 Å². The Kier molecular flexibility index (Phi) is 6.40. The van der Waals surface area contributed by atoms with Gasteiger partial charge in [0.05, 0.1) is 0 Å². The molecule has 0 nitrogen and oxygen atoms in total. The quantitative estimate of drug-likeness (QED) is 0.593. The van der Waals surface area contributed by atoms with Gasteiger partial charge < -0.3 is 0 Å². The maximum Gasteiger partial charge on any atom is -0.00417 e. The normalized spacial score (nSPS) is 36.4. The fraction of sp³-hybridized carbons (Fsp3) is 1.00. The summed E-state index contributed by atoms with van der Waals surface area (Å²) < 4.78 is 0. The lowest BCUT2D eigenvalue weighted by atomic mass is 9.51. The molecule has 0 spiro atoms. The summed E-state index contributed by atoms with van der Waals surface area (Å²) in [5.74, 6) is 7.19. The summed E-state index contributed by atoms with van der Waals surface area (Å²) in [4.78, 5) is 0. The summed E-state index contributed by atoms with van der Waals surface area (Å²) in [6.45, 7) is 12.1. The van der Waals surface area contributed by atoms with Crippen molar-refractivity contribution in [2.24, 2.45) is 35.5 Å². The first-order valence-electron chi connectivity index (χ1n) is 7.55. The smallest absolute Gasteiger partial charge is 0.00417 e. The first-order valence-corrected chi connectivity index (χ1v) is 8.94. The molecule has 0 aromatic carbocycles. The van der Waals surface area contributed by atoms with E-state index in [2.05, 4.69) is 40.9 Å². The number of thioether (sulfide) groups is 1. The predicted molar refractivity (Wildman–Crippen MR) is 81.5 cm³/mol. The molecule has 102 valence electrons. The summed E-state index contributed by atoms with van der Waals surface area (Å²) >= 11 is 2.03. The third kappa shape index (κ3) is 3.43. The van der Waals surface area contributed by atoms with Gasteiger partial charge in [-0.3, -0.25) is 0 Å². The van der Waals surface area contributed by atoms with Crippen LogP contribution in [-0.2, 0) is 0 Å². The lowest BCUT2D eigenvalue weighted by molar-refractivity contribution is -0.0543. The van der Waals surface area contributed by atoms with Crippen LogP contribution in [0.2, 0.25) is 0 Å². The van der Waals surface area contributed by atoms with E-state index in [-0.39, 0.29) is 0 Å². The van der Waals surface area contributed by atoms with Crippen molar-refractivity contribution in [2.45, 2.75) is 53.9 Å². The molecule has 1 aliphatic rings. The van der Waals surface area contributed by atoms with Crippen LogP contribution in [0.5, 0.6) is 0 Å². The highest BCUT2D eigenvalue weighted by Crippen LogP contribution is 2.54. The molecule has 1 aliphatic carbocycles. The Labute approximate surface area is 113 Å². The lowest BCUT2D eigenvalue weighted by Crippen LogP contribution is -2.49. The molecule has 0 saturated heterocycles. The van der Waals surface area contributed by atoms with Crippen LogP contribution in [0.15, 0.2) is 0 Å². The number of rotatable bonds is 7. The Morgan fingerprint density at radius 2 is 1.76 bits per heavy atom. The molecule has 1 heteroatoms. The van der Waals surface area contributed by atoms with E-state index in [1.165, 1.54) is 25.0 Å². The number of hydrogen-bond donors (Lipinski definition) is 0. The molecular formula is C16H32S. The fourth-order valence-electron chi connectivity index (χ4n) is 4.06. The summed E-state index contributed by atoms with van der Waals surface area (Å²) in [5.41, 5.74) is 0. The maximum absolute atomic E-state index is 2.50. The minimum absolute atomic E-state index is 0.917. The summed E-state index contributed by atoms with van der Waals surface area (Å²) in [5, 5.41) is 0. The van der Waals surface area contributed by atoms with Gasteiger partial charge in [-0.25, -0.2) is 0 Å². The van der Waals surface area contributed by atoms with Crippen LogP contribution in [0.4, 0.5) is 0 Å². The zero-order valence-corrected chi connectivity index (χ0v) is 13.5. The average Bonchev–Trinajstić information content (AvgIpc) is 2.32. The molecular weight excluding hydrogens is 224 g/mol. The van der Waals surface area contributed by atoms with Crippen molar-refractivity contribution < 1.29 is 0 Å². The van der Waals surface area contributed by atoms with Gasteiger partial charge >= 0.3 is 0 Å². The van der Waals surface area contributed by atoms with E-state index in [4.69, 9.17) is 0 Å². The molecule has 0 aromatic rings. The third-order valence-electron chi connectivity index (χ3n) is 5.27. The Hall–Kier alpha value is 0.350. The minimum Gasteiger partial charge on any atom is -0.165 e. The van der Waals surface area contributed by atoms with Gasteiger partial charge in [0, 0.05) is 0 Å². The molecule has 0 N–H and O–H groups in total. The molecule has 0 radical (unpaired) electrons. The van der Waals surface area contributed by atoms with Gasteiger partial charge in [-0.1, -0.05) is 47.5 Å². The summed E-state index contributed by atoms with van der Waals surface area (Å²) in [6, 6.07) is 0. The molecule has 0 aliphatic heterocycles.